The SMILES string of the molecule is CC(NS(=O)(=O)c1ccc(Cl)cc1)C(=O)N1CC(C(=O)O)O[C@H](C)C1. The van der Waals surface area contributed by atoms with Crippen LogP contribution in [0.1, 0.15) is 13.8 Å². The van der Waals surface area contributed by atoms with Crippen LogP contribution in [0.15, 0.2) is 29.2 Å². The summed E-state index contributed by atoms with van der Waals surface area (Å²) in [6.07, 6.45) is -1.59. The molecule has 0 aliphatic carbocycles. The summed E-state index contributed by atoms with van der Waals surface area (Å²) in [5, 5.41) is 9.46. The van der Waals surface area contributed by atoms with Crippen molar-refractivity contribution in [2.75, 3.05) is 13.1 Å². The Morgan fingerprint density at radius 3 is 2.48 bits per heavy atom. The van der Waals surface area contributed by atoms with E-state index in [0.29, 0.717) is 5.02 Å². The van der Waals surface area contributed by atoms with Gasteiger partial charge >= 0.3 is 5.97 Å². The quantitative estimate of drug-likeness (QED) is 0.765. The van der Waals surface area contributed by atoms with Gasteiger partial charge in [0.1, 0.15) is 0 Å². The molecule has 138 valence electrons. The van der Waals surface area contributed by atoms with Gasteiger partial charge in [-0.05, 0) is 38.1 Å². The molecular weight excluding hydrogens is 372 g/mol. The van der Waals surface area contributed by atoms with Crippen molar-refractivity contribution in [3.05, 3.63) is 29.3 Å². The molecule has 1 saturated heterocycles. The maximum atomic E-state index is 12.5. The topological polar surface area (TPSA) is 113 Å². The molecule has 1 heterocycles. The molecular formula is C15H19ClN2O6S. The third kappa shape index (κ3) is 4.91. The first-order valence-corrected chi connectivity index (χ1v) is 9.41. The number of carbonyl (C=O) groups is 2. The van der Waals surface area contributed by atoms with Crippen molar-refractivity contribution in [3.63, 3.8) is 0 Å². The van der Waals surface area contributed by atoms with Gasteiger partial charge in [0.2, 0.25) is 15.9 Å². The third-order valence-electron chi connectivity index (χ3n) is 3.67. The van der Waals surface area contributed by atoms with E-state index in [-0.39, 0.29) is 18.0 Å². The molecule has 0 aromatic heterocycles. The maximum absolute atomic E-state index is 12.5. The number of carbonyl (C=O) groups excluding carboxylic acids is 1. The standard InChI is InChI=1S/C15H19ClN2O6S/c1-9-7-18(8-13(24-9)15(20)21)14(19)10(2)17-25(22,23)12-5-3-11(16)4-6-12/h3-6,9-10,13,17H,7-8H2,1-2H3,(H,20,21)/t9-,10?,13?/m1/s1. The fourth-order valence-corrected chi connectivity index (χ4v) is 3.83. The van der Waals surface area contributed by atoms with Crippen molar-refractivity contribution in [2.45, 2.75) is 37.0 Å². The lowest BCUT2D eigenvalue weighted by molar-refractivity contribution is -0.167. The van der Waals surface area contributed by atoms with Crippen LogP contribution in [0.4, 0.5) is 0 Å². The summed E-state index contributed by atoms with van der Waals surface area (Å²) in [6.45, 7) is 3.12. The second-order valence-corrected chi connectivity index (χ2v) is 7.96. The minimum Gasteiger partial charge on any atom is -0.479 e. The molecule has 2 N–H and O–H groups in total. The van der Waals surface area contributed by atoms with Crippen LogP contribution in [0.25, 0.3) is 0 Å². The Kier molecular flexibility index (Phi) is 6.04. The number of rotatable bonds is 5. The van der Waals surface area contributed by atoms with Gasteiger partial charge in [0.15, 0.2) is 6.10 Å². The molecule has 0 radical (unpaired) electrons. The van der Waals surface area contributed by atoms with E-state index in [4.69, 9.17) is 21.4 Å². The lowest BCUT2D eigenvalue weighted by atomic mass is 10.2. The highest BCUT2D eigenvalue weighted by Gasteiger charge is 2.35. The molecule has 25 heavy (non-hydrogen) atoms. The fraction of sp³-hybridized carbons (Fsp3) is 0.467. The summed E-state index contributed by atoms with van der Waals surface area (Å²) in [5.41, 5.74) is 0. The number of hydrogen-bond acceptors (Lipinski definition) is 5. The van der Waals surface area contributed by atoms with E-state index in [1.54, 1.807) is 6.92 Å². The number of carboxylic acid groups (broad SMARTS) is 1. The number of amides is 1. The zero-order valence-corrected chi connectivity index (χ0v) is 15.2. The maximum Gasteiger partial charge on any atom is 0.334 e. The molecule has 8 nitrogen and oxygen atoms in total. The number of aliphatic carboxylic acids is 1. The van der Waals surface area contributed by atoms with Gasteiger partial charge in [-0.1, -0.05) is 11.6 Å². The second-order valence-electron chi connectivity index (χ2n) is 5.81. The normalized spacial score (nSPS) is 22.4. The Morgan fingerprint density at radius 1 is 1.32 bits per heavy atom. The molecule has 1 aliphatic rings. The number of morpholine rings is 1. The largest absolute Gasteiger partial charge is 0.479 e. The molecule has 2 unspecified atom stereocenters. The third-order valence-corrected chi connectivity index (χ3v) is 5.48. The number of halogens is 1. The Morgan fingerprint density at radius 2 is 1.92 bits per heavy atom. The van der Waals surface area contributed by atoms with Gasteiger partial charge in [-0.15, -0.1) is 0 Å². The van der Waals surface area contributed by atoms with E-state index in [1.165, 1.54) is 36.1 Å². The Labute approximate surface area is 150 Å². The zero-order chi connectivity index (χ0) is 18.8. The van der Waals surface area contributed by atoms with Crippen molar-refractivity contribution >= 4 is 33.5 Å². The molecule has 1 fully saturated rings. The number of ether oxygens (including phenoxy) is 1. The number of carboxylic acids is 1. The highest BCUT2D eigenvalue weighted by atomic mass is 35.5. The molecule has 1 amide bonds. The zero-order valence-electron chi connectivity index (χ0n) is 13.7. The number of nitrogens with one attached hydrogen (secondary N) is 1. The van der Waals surface area contributed by atoms with Gasteiger partial charge in [-0.2, -0.15) is 4.72 Å². The second kappa shape index (κ2) is 7.69. The molecule has 1 aromatic carbocycles. The average molecular weight is 391 g/mol. The number of sulfonamides is 1. The minimum atomic E-state index is -3.91. The number of nitrogens with zero attached hydrogens (tertiary/aromatic N) is 1. The molecule has 10 heteroatoms. The van der Waals surface area contributed by atoms with Gasteiger partial charge in [0.05, 0.1) is 23.6 Å². The monoisotopic (exact) mass is 390 g/mol. The summed E-state index contributed by atoms with van der Waals surface area (Å²) in [7, 11) is -3.91. The van der Waals surface area contributed by atoms with Crippen LogP contribution < -0.4 is 4.72 Å². The van der Waals surface area contributed by atoms with Crippen LogP contribution in [0, 0.1) is 0 Å². The van der Waals surface area contributed by atoms with E-state index >= 15 is 0 Å². The van der Waals surface area contributed by atoms with E-state index < -0.39 is 40.1 Å². The Bertz CT molecular complexity index is 752. The fourth-order valence-electron chi connectivity index (χ4n) is 2.51. The molecule has 0 bridgehead atoms. The molecule has 2 rings (SSSR count). The van der Waals surface area contributed by atoms with Crippen molar-refractivity contribution in [2.24, 2.45) is 0 Å². The molecule has 3 atom stereocenters. The van der Waals surface area contributed by atoms with Gasteiger partial charge < -0.3 is 14.7 Å². The minimum absolute atomic E-state index is 0.0182. The Hall–Kier alpha value is -1.68. The van der Waals surface area contributed by atoms with Crippen molar-refractivity contribution in [3.8, 4) is 0 Å². The van der Waals surface area contributed by atoms with Crippen molar-refractivity contribution in [1.82, 2.24) is 9.62 Å². The molecule has 1 aromatic rings. The van der Waals surface area contributed by atoms with E-state index in [2.05, 4.69) is 4.72 Å². The molecule has 0 saturated carbocycles. The summed E-state index contributed by atoms with van der Waals surface area (Å²) in [4.78, 5) is 24.9. The summed E-state index contributed by atoms with van der Waals surface area (Å²) in [5.74, 6) is -1.68. The first kappa shape index (κ1) is 19.6. The summed E-state index contributed by atoms with van der Waals surface area (Å²) in [6, 6.07) is 4.48. The van der Waals surface area contributed by atoms with Crippen molar-refractivity contribution in [1.29, 1.82) is 0 Å². The van der Waals surface area contributed by atoms with Crippen LogP contribution in [-0.2, 0) is 24.3 Å². The predicted octanol–water partition coefficient (Wildman–Crippen LogP) is 0.707. The summed E-state index contributed by atoms with van der Waals surface area (Å²) < 4.78 is 32.2. The van der Waals surface area contributed by atoms with Gasteiger partial charge in [-0.3, -0.25) is 4.79 Å². The highest BCUT2D eigenvalue weighted by molar-refractivity contribution is 7.89. The lowest BCUT2D eigenvalue weighted by Gasteiger charge is -2.36. The van der Waals surface area contributed by atoms with Crippen molar-refractivity contribution < 1.29 is 27.9 Å². The molecule has 1 aliphatic heterocycles. The molecule has 0 spiro atoms. The van der Waals surface area contributed by atoms with Crippen LogP contribution in [0.2, 0.25) is 5.02 Å². The van der Waals surface area contributed by atoms with Crippen LogP contribution in [0.3, 0.4) is 0 Å². The van der Waals surface area contributed by atoms with E-state index in [1.807, 2.05) is 0 Å². The van der Waals surface area contributed by atoms with E-state index in [0.717, 1.165) is 0 Å². The summed E-state index contributed by atoms with van der Waals surface area (Å²) >= 11 is 5.74. The smallest absolute Gasteiger partial charge is 0.334 e. The van der Waals surface area contributed by atoms with Crippen LogP contribution in [0.5, 0.6) is 0 Å². The van der Waals surface area contributed by atoms with Crippen LogP contribution in [-0.4, -0.2) is 61.6 Å². The van der Waals surface area contributed by atoms with Gasteiger partial charge in [-0.25, -0.2) is 13.2 Å². The van der Waals surface area contributed by atoms with Gasteiger partial charge in [0.25, 0.3) is 0 Å². The van der Waals surface area contributed by atoms with Gasteiger partial charge in [0, 0.05) is 11.6 Å². The number of benzene rings is 1. The van der Waals surface area contributed by atoms with E-state index in [9.17, 15) is 18.0 Å². The number of hydrogen-bond donors (Lipinski definition) is 2. The predicted molar refractivity (Wildman–Crippen MR) is 89.8 cm³/mol. The first-order valence-electron chi connectivity index (χ1n) is 7.55. The first-order chi connectivity index (χ1) is 11.6. The lowest BCUT2D eigenvalue weighted by Crippen LogP contribution is -2.56. The average Bonchev–Trinajstić information content (AvgIpc) is 2.53. The van der Waals surface area contributed by atoms with Crippen LogP contribution >= 0.6 is 11.6 Å². The Balaban J connectivity index is 2.08. The highest BCUT2D eigenvalue weighted by Crippen LogP contribution is 2.16.